The Labute approximate surface area is 144 Å². The van der Waals surface area contributed by atoms with Gasteiger partial charge in [-0.3, -0.25) is 4.90 Å². The van der Waals surface area contributed by atoms with Crippen LogP contribution in [0.5, 0.6) is 0 Å². The maximum absolute atomic E-state index is 10.3. The lowest BCUT2D eigenvalue weighted by Crippen LogP contribution is -2.62. The molecule has 1 aromatic heterocycles. The number of ether oxygens (including phenoxy) is 1. The van der Waals surface area contributed by atoms with E-state index in [2.05, 4.69) is 22.0 Å². The van der Waals surface area contributed by atoms with Crippen LogP contribution in [0.3, 0.4) is 0 Å². The Morgan fingerprint density at radius 1 is 1.33 bits per heavy atom. The number of aliphatic hydroxyl groups excluding tert-OH is 2. The summed E-state index contributed by atoms with van der Waals surface area (Å²) in [5, 5.41) is 19.2. The quantitative estimate of drug-likeness (QED) is 0.804. The molecule has 2 aliphatic rings. The summed E-state index contributed by atoms with van der Waals surface area (Å²) in [4.78, 5) is 8.89. The summed E-state index contributed by atoms with van der Waals surface area (Å²) in [6, 6.07) is 4.19. The van der Waals surface area contributed by atoms with E-state index in [1.165, 1.54) is 5.56 Å². The van der Waals surface area contributed by atoms with Gasteiger partial charge in [-0.2, -0.15) is 0 Å². The van der Waals surface area contributed by atoms with Crippen LogP contribution in [-0.4, -0.2) is 72.7 Å². The lowest BCUT2D eigenvalue weighted by molar-refractivity contribution is -0.213. The zero-order valence-corrected chi connectivity index (χ0v) is 14.7. The predicted octanol–water partition coefficient (Wildman–Crippen LogP) is 0.872. The Hall–Kier alpha value is -1.21. The molecule has 2 atom stereocenters. The molecule has 1 saturated heterocycles. The summed E-state index contributed by atoms with van der Waals surface area (Å²) in [6.07, 6.45) is 4.40. The van der Waals surface area contributed by atoms with Crippen molar-refractivity contribution < 1.29 is 14.9 Å². The highest BCUT2D eigenvalue weighted by atomic mass is 16.5. The number of likely N-dealkylation sites (tertiary alicyclic amines) is 1. The van der Waals surface area contributed by atoms with Gasteiger partial charge in [-0.05, 0) is 37.6 Å². The maximum atomic E-state index is 10.3. The number of aliphatic hydroxyl groups is 2. The first-order chi connectivity index (χ1) is 11.5. The lowest BCUT2D eigenvalue weighted by atomic mass is 9.58. The molecule has 134 valence electrons. The Balaban J connectivity index is 1.53. The molecule has 3 rings (SSSR count). The van der Waals surface area contributed by atoms with Crippen molar-refractivity contribution in [3.05, 3.63) is 23.9 Å². The molecular weight excluding hydrogens is 306 g/mol. The first-order valence-corrected chi connectivity index (χ1v) is 8.80. The highest BCUT2D eigenvalue weighted by molar-refractivity contribution is 5.37. The topological polar surface area (TPSA) is 69.1 Å². The minimum absolute atomic E-state index is 0.0464. The SMILES string of the molecule is CN(C)c1ccc(CN2CCC3(CC2)[C@@H](O)C[C@H]3OCCO)cn1. The molecule has 6 nitrogen and oxygen atoms in total. The van der Waals surface area contributed by atoms with Crippen LogP contribution >= 0.6 is 0 Å². The van der Waals surface area contributed by atoms with Gasteiger partial charge in [0.05, 0.1) is 25.4 Å². The van der Waals surface area contributed by atoms with Crippen LogP contribution in [0, 0.1) is 5.41 Å². The summed E-state index contributed by atoms with van der Waals surface area (Å²) in [6.45, 7) is 3.24. The molecule has 6 heteroatoms. The van der Waals surface area contributed by atoms with Crippen LogP contribution in [0.25, 0.3) is 0 Å². The molecule has 0 unspecified atom stereocenters. The summed E-state index contributed by atoms with van der Waals surface area (Å²) in [7, 11) is 3.98. The van der Waals surface area contributed by atoms with E-state index >= 15 is 0 Å². The van der Waals surface area contributed by atoms with Crippen molar-refractivity contribution in [1.29, 1.82) is 0 Å². The zero-order valence-electron chi connectivity index (χ0n) is 14.7. The van der Waals surface area contributed by atoms with E-state index in [0.717, 1.165) is 38.3 Å². The summed E-state index contributed by atoms with van der Waals surface area (Å²) in [5.41, 5.74) is 1.12. The van der Waals surface area contributed by atoms with Gasteiger partial charge in [0.15, 0.2) is 0 Å². The molecular formula is C18H29N3O3. The molecule has 1 spiro atoms. The van der Waals surface area contributed by atoms with Crippen LogP contribution in [0.15, 0.2) is 18.3 Å². The average molecular weight is 335 g/mol. The molecule has 24 heavy (non-hydrogen) atoms. The first-order valence-electron chi connectivity index (χ1n) is 8.80. The molecule has 1 aromatic rings. The van der Waals surface area contributed by atoms with E-state index in [0.29, 0.717) is 13.0 Å². The molecule has 1 aliphatic carbocycles. The minimum atomic E-state index is -0.260. The average Bonchev–Trinajstić information content (AvgIpc) is 2.59. The third kappa shape index (κ3) is 3.42. The molecule has 0 radical (unpaired) electrons. The Morgan fingerprint density at radius 3 is 2.62 bits per heavy atom. The van der Waals surface area contributed by atoms with Gasteiger partial charge in [-0.15, -0.1) is 0 Å². The number of rotatable bonds is 6. The van der Waals surface area contributed by atoms with Gasteiger partial charge < -0.3 is 19.8 Å². The summed E-state index contributed by atoms with van der Waals surface area (Å²) < 4.78 is 5.74. The zero-order chi connectivity index (χ0) is 17.2. The van der Waals surface area contributed by atoms with Gasteiger partial charge in [-0.25, -0.2) is 4.98 Å². The van der Waals surface area contributed by atoms with E-state index in [4.69, 9.17) is 9.84 Å². The third-order valence-corrected chi connectivity index (χ3v) is 5.61. The van der Waals surface area contributed by atoms with Gasteiger partial charge in [0.1, 0.15) is 5.82 Å². The molecule has 1 saturated carbocycles. The number of aromatic nitrogens is 1. The van der Waals surface area contributed by atoms with Gasteiger partial charge in [0.25, 0.3) is 0 Å². The first kappa shape index (κ1) is 17.6. The van der Waals surface area contributed by atoms with Gasteiger partial charge in [0, 0.05) is 38.7 Å². The number of hydrogen-bond acceptors (Lipinski definition) is 6. The number of pyridine rings is 1. The fourth-order valence-corrected chi connectivity index (χ4v) is 3.97. The van der Waals surface area contributed by atoms with Crippen molar-refractivity contribution in [2.75, 3.05) is 45.3 Å². The minimum Gasteiger partial charge on any atom is -0.394 e. The molecule has 0 aromatic carbocycles. The highest BCUT2D eigenvalue weighted by Crippen LogP contribution is 2.51. The Bertz CT molecular complexity index is 527. The summed E-state index contributed by atoms with van der Waals surface area (Å²) in [5.74, 6) is 0.970. The number of hydrogen-bond donors (Lipinski definition) is 2. The number of nitrogens with zero attached hydrogens (tertiary/aromatic N) is 3. The molecule has 2 N–H and O–H groups in total. The molecule has 0 amide bonds. The van der Waals surface area contributed by atoms with Crippen molar-refractivity contribution in [1.82, 2.24) is 9.88 Å². The van der Waals surface area contributed by atoms with Crippen molar-refractivity contribution in [2.45, 2.75) is 38.0 Å². The van der Waals surface area contributed by atoms with Crippen molar-refractivity contribution in [3.63, 3.8) is 0 Å². The van der Waals surface area contributed by atoms with E-state index in [1.54, 1.807) is 0 Å². The Kier molecular flexibility index (Phi) is 5.39. The number of anilines is 1. The van der Waals surface area contributed by atoms with Gasteiger partial charge in [0.2, 0.25) is 0 Å². The molecule has 2 fully saturated rings. The smallest absolute Gasteiger partial charge is 0.127 e. The monoisotopic (exact) mass is 335 g/mol. The van der Waals surface area contributed by atoms with Crippen LogP contribution in [-0.2, 0) is 11.3 Å². The van der Waals surface area contributed by atoms with Gasteiger partial charge in [-0.1, -0.05) is 6.07 Å². The summed E-state index contributed by atoms with van der Waals surface area (Å²) >= 11 is 0. The lowest BCUT2D eigenvalue weighted by Gasteiger charge is -2.56. The van der Waals surface area contributed by atoms with Crippen LogP contribution in [0.1, 0.15) is 24.8 Å². The second-order valence-electron chi connectivity index (χ2n) is 7.26. The standard InChI is InChI=1S/C18H29N3O3/c1-20(2)17-4-3-14(12-19-17)13-21-7-5-18(6-8-21)15(23)11-16(18)24-10-9-22/h3-4,12,15-16,22-23H,5-11,13H2,1-2H3/t15-,16+/m0/s1. The normalized spacial score (nSPS) is 26.3. The third-order valence-electron chi connectivity index (χ3n) is 5.61. The van der Waals surface area contributed by atoms with E-state index in [9.17, 15) is 5.11 Å². The molecule has 0 bridgehead atoms. The molecule has 2 heterocycles. The van der Waals surface area contributed by atoms with Crippen molar-refractivity contribution in [3.8, 4) is 0 Å². The van der Waals surface area contributed by atoms with Crippen molar-refractivity contribution in [2.24, 2.45) is 5.41 Å². The second kappa shape index (κ2) is 7.35. The number of piperidine rings is 1. The Morgan fingerprint density at radius 2 is 2.08 bits per heavy atom. The van der Waals surface area contributed by atoms with E-state index < -0.39 is 0 Å². The van der Waals surface area contributed by atoms with E-state index in [1.807, 2.05) is 25.2 Å². The fourth-order valence-electron chi connectivity index (χ4n) is 3.97. The van der Waals surface area contributed by atoms with E-state index in [-0.39, 0.29) is 24.2 Å². The largest absolute Gasteiger partial charge is 0.394 e. The van der Waals surface area contributed by atoms with Crippen LogP contribution in [0.4, 0.5) is 5.82 Å². The maximum Gasteiger partial charge on any atom is 0.127 e. The fraction of sp³-hybridized carbons (Fsp3) is 0.722. The van der Waals surface area contributed by atoms with Crippen LogP contribution in [0.2, 0.25) is 0 Å². The van der Waals surface area contributed by atoms with Gasteiger partial charge >= 0.3 is 0 Å². The predicted molar refractivity (Wildman–Crippen MR) is 93.0 cm³/mol. The highest BCUT2D eigenvalue weighted by Gasteiger charge is 2.55. The van der Waals surface area contributed by atoms with Crippen LogP contribution < -0.4 is 4.90 Å². The van der Waals surface area contributed by atoms with Crippen molar-refractivity contribution >= 4 is 5.82 Å². The second-order valence-corrected chi connectivity index (χ2v) is 7.26. The molecule has 1 aliphatic heterocycles.